The molecule has 0 saturated carbocycles. The minimum atomic E-state index is -1.81. The predicted molar refractivity (Wildman–Crippen MR) is 111 cm³/mol. The number of ether oxygens (including phenoxy) is 3. The molecule has 34 heavy (non-hydrogen) atoms. The molecule has 0 spiro atoms. The van der Waals surface area contributed by atoms with Crippen molar-refractivity contribution in [2.45, 2.75) is 103 Å². The Morgan fingerprint density at radius 2 is 1.18 bits per heavy atom. The molecule has 0 aromatic carbocycles. The Morgan fingerprint density at radius 1 is 0.559 bits per heavy atom. The topological polar surface area (TPSA) is 250 Å². The highest BCUT2D eigenvalue weighted by molar-refractivity contribution is 8.00. The van der Waals surface area contributed by atoms with Crippen molar-refractivity contribution in [2.75, 3.05) is 13.2 Å². The summed E-state index contributed by atoms with van der Waals surface area (Å²) in [6.07, 6.45) is -20.1. The van der Waals surface area contributed by atoms with Crippen molar-refractivity contribution in [1.82, 2.24) is 0 Å². The third kappa shape index (κ3) is 5.69. The SMILES string of the molecule is OC[C@H]1O[C@H](O[C@H]2[C@H](O)[C@@H](CC[C@H]3S[C@H](CO)[C@@H](O)[C@H](O)[C@@H]3O)OC(O)[C@H]2O)[C@@H](O)[C@@H](O)[C@@H]1O. The fraction of sp³-hybridized carbons (Fsp3) is 1.00. The van der Waals surface area contributed by atoms with Gasteiger partial charge in [0.15, 0.2) is 12.6 Å². The van der Waals surface area contributed by atoms with E-state index in [4.69, 9.17) is 14.2 Å². The van der Waals surface area contributed by atoms with Crippen molar-refractivity contribution < 1.29 is 70.4 Å². The Kier molecular flexibility index (Phi) is 9.92. The summed E-state index contributed by atoms with van der Waals surface area (Å²) in [4.78, 5) is 0. The van der Waals surface area contributed by atoms with Gasteiger partial charge in [-0.1, -0.05) is 0 Å². The lowest BCUT2D eigenvalue weighted by Gasteiger charge is -2.46. The highest BCUT2D eigenvalue weighted by Gasteiger charge is 2.51. The quantitative estimate of drug-likeness (QED) is 0.150. The Balaban J connectivity index is 1.65. The first-order valence-electron chi connectivity index (χ1n) is 11.0. The number of aliphatic hydroxyl groups is 11. The molecule has 15 heteroatoms. The van der Waals surface area contributed by atoms with Gasteiger partial charge in [0.2, 0.25) is 0 Å². The van der Waals surface area contributed by atoms with Gasteiger partial charge in [0.05, 0.1) is 36.8 Å². The second-order valence-corrected chi connectivity index (χ2v) is 10.3. The Morgan fingerprint density at radius 3 is 1.79 bits per heavy atom. The first kappa shape index (κ1) is 28.4. The normalized spacial score (nSPS) is 52.5. The molecule has 0 radical (unpaired) electrons. The molecule has 11 N–H and O–H groups in total. The average molecular weight is 519 g/mol. The predicted octanol–water partition coefficient (Wildman–Crippen LogP) is -6.05. The number of hydrogen-bond donors (Lipinski definition) is 11. The van der Waals surface area contributed by atoms with Gasteiger partial charge in [0, 0.05) is 5.25 Å². The van der Waals surface area contributed by atoms with E-state index in [9.17, 15) is 56.2 Å². The van der Waals surface area contributed by atoms with Gasteiger partial charge in [0.1, 0.15) is 48.8 Å². The molecular formula is C19H34O14S. The van der Waals surface area contributed by atoms with E-state index in [1.54, 1.807) is 0 Å². The van der Waals surface area contributed by atoms with Crippen LogP contribution in [0.15, 0.2) is 0 Å². The van der Waals surface area contributed by atoms with Crippen LogP contribution in [-0.2, 0) is 14.2 Å². The maximum Gasteiger partial charge on any atom is 0.187 e. The summed E-state index contributed by atoms with van der Waals surface area (Å²) >= 11 is 1.06. The molecule has 14 nitrogen and oxygen atoms in total. The first-order valence-corrected chi connectivity index (χ1v) is 11.9. The monoisotopic (exact) mass is 518 g/mol. The van der Waals surface area contributed by atoms with Crippen LogP contribution in [0, 0.1) is 0 Å². The summed E-state index contributed by atoms with van der Waals surface area (Å²) in [5, 5.41) is 109. The molecule has 3 aliphatic rings. The molecule has 3 rings (SSSR count). The van der Waals surface area contributed by atoms with Gasteiger partial charge in [-0.3, -0.25) is 0 Å². The fourth-order valence-corrected chi connectivity index (χ4v) is 5.85. The maximum atomic E-state index is 10.7. The van der Waals surface area contributed by atoms with Crippen LogP contribution in [0.2, 0.25) is 0 Å². The first-order chi connectivity index (χ1) is 16.0. The number of thioether (sulfide) groups is 1. The highest BCUT2D eigenvalue weighted by atomic mass is 32.2. The second kappa shape index (κ2) is 11.9. The molecule has 0 aromatic heterocycles. The standard InChI is InChI=1S/C19H34O14S/c20-3-6-9(22)13(26)15(28)19(32-6)33-17-10(23)5(31-18(30)16(17)29)1-2-7-11(24)14(27)12(25)8(4-21)34-7/h5-30H,1-4H2/t5-,6-,7-,8-,9-,10-,11-,12-,13+,14-,15+,16+,17+,18?,19-/m1/s1. The maximum absolute atomic E-state index is 10.7. The van der Waals surface area contributed by atoms with Crippen molar-refractivity contribution >= 4 is 11.8 Å². The van der Waals surface area contributed by atoms with Gasteiger partial charge >= 0.3 is 0 Å². The van der Waals surface area contributed by atoms with E-state index in [1.165, 1.54) is 0 Å². The van der Waals surface area contributed by atoms with Crippen LogP contribution in [0.5, 0.6) is 0 Å². The van der Waals surface area contributed by atoms with Crippen molar-refractivity contribution in [2.24, 2.45) is 0 Å². The lowest BCUT2D eigenvalue weighted by Crippen LogP contribution is -2.64. The van der Waals surface area contributed by atoms with E-state index in [-0.39, 0.29) is 12.8 Å². The Hall–Kier alpha value is -0.210. The molecule has 3 fully saturated rings. The van der Waals surface area contributed by atoms with Crippen molar-refractivity contribution in [3.05, 3.63) is 0 Å². The van der Waals surface area contributed by atoms with Crippen molar-refractivity contribution in [3.8, 4) is 0 Å². The van der Waals surface area contributed by atoms with Crippen LogP contribution < -0.4 is 0 Å². The van der Waals surface area contributed by atoms with Gasteiger partial charge in [-0.25, -0.2) is 0 Å². The van der Waals surface area contributed by atoms with E-state index < -0.39 is 103 Å². The molecule has 0 bridgehead atoms. The molecule has 15 atom stereocenters. The van der Waals surface area contributed by atoms with Gasteiger partial charge in [-0.2, -0.15) is 0 Å². The molecule has 0 aromatic rings. The highest BCUT2D eigenvalue weighted by Crippen LogP contribution is 2.37. The molecule has 3 heterocycles. The lowest BCUT2D eigenvalue weighted by molar-refractivity contribution is -0.354. The Bertz CT molecular complexity index is 642. The zero-order valence-corrected chi connectivity index (χ0v) is 18.9. The second-order valence-electron chi connectivity index (χ2n) is 8.79. The van der Waals surface area contributed by atoms with Crippen LogP contribution in [0.4, 0.5) is 0 Å². The molecule has 200 valence electrons. The molecule has 0 aliphatic carbocycles. The van der Waals surface area contributed by atoms with Crippen molar-refractivity contribution in [1.29, 1.82) is 0 Å². The molecular weight excluding hydrogens is 484 g/mol. The summed E-state index contributed by atoms with van der Waals surface area (Å²) < 4.78 is 15.9. The number of aliphatic hydroxyl groups excluding tert-OH is 11. The third-order valence-corrected chi connectivity index (χ3v) is 8.17. The summed E-state index contributed by atoms with van der Waals surface area (Å²) in [5.74, 6) is 0. The van der Waals surface area contributed by atoms with Crippen LogP contribution in [0.25, 0.3) is 0 Å². The van der Waals surface area contributed by atoms with Crippen molar-refractivity contribution in [3.63, 3.8) is 0 Å². The van der Waals surface area contributed by atoms with E-state index in [1.807, 2.05) is 0 Å². The van der Waals surface area contributed by atoms with Gasteiger partial charge < -0.3 is 70.4 Å². The summed E-state index contributed by atoms with van der Waals surface area (Å²) in [6, 6.07) is 0. The van der Waals surface area contributed by atoms with Gasteiger partial charge in [-0.15, -0.1) is 11.8 Å². The van der Waals surface area contributed by atoms with Crippen LogP contribution in [0.3, 0.4) is 0 Å². The van der Waals surface area contributed by atoms with E-state index in [0.29, 0.717) is 0 Å². The van der Waals surface area contributed by atoms with Crippen LogP contribution in [-0.4, -0.2) is 160 Å². The van der Waals surface area contributed by atoms with Crippen LogP contribution >= 0.6 is 11.8 Å². The smallest absolute Gasteiger partial charge is 0.187 e. The van der Waals surface area contributed by atoms with E-state index in [2.05, 4.69) is 0 Å². The molecule has 3 saturated heterocycles. The minimum absolute atomic E-state index is 0.00478. The van der Waals surface area contributed by atoms with E-state index >= 15 is 0 Å². The number of rotatable bonds is 7. The average Bonchev–Trinajstić information content (AvgIpc) is 2.82. The largest absolute Gasteiger partial charge is 0.395 e. The molecule has 3 aliphatic heterocycles. The zero-order valence-electron chi connectivity index (χ0n) is 18.0. The summed E-state index contributed by atoms with van der Waals surface area (Å²) in [6.45, 7) is -1.15. The third-order valence-electron chi connectivity index (χ3n) is 6.53. The Labute approximate surface area is 198 Å². The van der Waals surface area contributed by atoms with Gasteiger partial charge in [0.25, 0.3) is 0 Å². The zero-order chi connectivity index (χ0) is 25.3. The number of hydrogen-bond acceptors (Lipinski definition) is 15. The molecule has 0 amide bonds. The minimum Gasteiger partial charge on any atom is -0.395 e. The van der Waals surface area contributed by atoms with E-state index in [0.717, 1.165) is 11.8 Å². The lowest BCUT2D eigenvalue weighted by atomic mass is 9.92. The summed E-state index contributed by atoms with van der Waals surface area (Å²) in [5.41, 5.74) is 0. The summed E-state index contributed by atoms with van der Waals surface area (Å²) in [7, 11) is 0. The molecule has 1 unspecified atom stereocenters. The fourth-order valence-electron chi connectivity index (χ4n) is 4.40. The van der Waals surface area contributed by atoms with Crippen LogP contribution in [0.1, 0.15) is 12.8 Å². The van der Waals surface area contributed by atoms with Gasteiger partial charge in [-0.05, 0) is 12.8 Å².